The third-order valence-corrected chi connectivity index (χ3v) is 9.40. The first-order valence-electron chi connectivity index (χ1n) is 13.0. The second-order valence-electron chi connectivity index (χ2n) is 9.91. The van der Waals surface area contributed by atoms with Crippen molar-refractivity contribution in [1.82, 2.24) is 14.7 Å². The molecular weight excluding hydrogens is 450 g/mol. The maximum atomic E-state index is 14.0. The summed E-state index contributed by atoms with van der Waals surface area (Å²) in [5.74, 6) is -0.946. The van der Waals surface area contributed by atoms with Crippen molar-refractivity contribution in [2.75, 3.05) is 39.3 Å². The van der Waals surface area contributed by atoms with Gasteiger partial charge in [-0.15, -0.1) is 11.8 Å². The Kier molecular flexibility index (Phi) is 8.08. The molecule has 4 aliphatic heterocycles. The summed E-state index contributed by atoms with van der Waals surface area (Å²) in [5.41, 5.74) is 0. The van der Waals surface area contributed by atoms with Crippen molar-refractivity contribution in [3.05, 3.63) is 24.3 Å². The molecule has 4 aliphatic rings. The summed E-state index contributed by atoms with van der Waals surface area (Å²) in [6, 6.07) is -0.576. The minimum atomic E-state index is -0.712. The zero-order chi connectivity index (χ0) is 24.3. The van der Waals surface area contributed by atoms with Crippen molar-refractivity contribution in [1.29, 1.82) is 0 Å². The molecule has 0 aromatic rings. The van der Waals surface area contributed by atoms with Gasteiger partial charge in [-0.1, -0.05) is 44.6 Å². The van der Waals surface area contributed by atoms with Gasteiger partial charge in [0.15, 0.2) is 0 Å². The van der Waals surface area contributed by atoms with E-state index in [1.54, 1.807) is 16.7 Å². The molecule has 0 aromatic heterocycles. The van der Waals surface area contributed by atoms with Gasteiger partial charge in [0.1, 0.15) is 6.04 Å². The number of amides is 3. The highest BCUT2D eigenvalue weighted by Crippen LogP contribution is 2.61. The lowest BCUT2D eigenvalue weighted by atomic mass is 9.78. The molecule has 1 spiro atoms. The van der Waals surface area contributed by atoms with E-state index in [9.17, 15) is 19.5 Å². The average Bonchev–Trinajstić information content (AvgIpc) is 3.14. The van der Waals surface area contributed by atoms with Gasteiger partial charge >= 0.3 is 0 Å². The van der Waals surface area contributed by atoms with Crippen LogP contribution in [0, 0.1) is 11.8 Å². The van der Waals surface area contributed by atoms with Crippen LogP contribution in [0.5, 0.6) is 0 Å². The zero-order valence-corrected chi connectivity index (χ0v) is 21.3. The Morgan fingerprint density at radius 1 is 0.912 bits per heavy atom. The largest absolute Gasteiger partial charge is 0.396 e. The summed E-state index contributed by atoms with van der Waals surface area (Å²) in [4.78, 5) is 47.3. The molecule has 2 saturated heterocycles. The normalized spacial score (nSPS) is 32.7. The Hall–Kier alpha value is -1.80. The number of hydrogen-bond acceptors (Lipinski definition) is 5. The van der Waals surface area contributed by atoms with E-state index in [4.69, 9.17) is 0 Å². The molecule has 4 heterocycles. The van der Waals surface area contributed by atoms with Crippen LogP contribution in [0.2, 0.25) is 0 Å². The molecular formula is C26H39N3O4S. The maximum Gasteiger partial charge on any atom is 0.247 e. The topological polar surface area (TPSA) is 81.2 Å². The highest BCUT2D eigenvalue weighted by atomic mass is 32.2. The van der Waals surface area contributed by atoms with Crippen LogP contribution >= 0.6 is 11.8 Å². The number of carbonyl (C=O) groups is 3. The number of rotatable bonds is 10. The van der Waals surface area contributed by atoms with E-state index in [-0.39, 0.29) is 29.6 Å². The van der Waals surface area contributed by atoms with E-state index in [1.807, 2.05) is 9.80 Å². The average molecular weight is 490 g/mol. The fourth-order valence-corrected chi connectivity index (χ4v) is 8.07. The third-order valence-electron chi connectivity index (χ3n) is 7.66. The second-order valence-corrected chi connectivity index (χ2v) is 11.4. The highest BCUT2D eigenvalue weighted by Gasteiger charge is 2.70. The van der Waals surface area contributed by atoms with Crippen molar-refractivity contribution in [2.24, 2.45) is 11.8 Å². The molecule has 188 valence electrons. The Morgan fingerprint density at radius 2 is 1.68 bits per heavy atom. The molecule has 7 nitrogen and oxygen atoms in total. The summed E-state index contributed by atoms with van der Waals surface area (Å²) in [6.45, 7) is 7.30. The van der Waals surface area contributed by atoms with Gasteiger partial charge in [0.2, 0.25) is 17.7 Å². The zero-order valence-electron chi connectivity index (χ0n) is 20.5. The minimum Gasteiger partial charge on any atom is -0.396 e. The Morgan fingerprint density at radius 3 is 2.41 bits per heavy atom. The van der Waals surface area contributed by atoms with Gasteiger partial charge in [0.05, 0.1) is 16.6 Å². The predicted octanol–water partition coefficient (Wildman–Crippen LogP) is 2.45. The van der Waals surface area contributed by atoms with Gasteiger partial charge in [0, 0.05) is 44.6 Å². The quantitative estimate of drug-likeness (QED) is 0.377. The van der Waals surface area contributed by atoms with Crippen molar-refractivity contribution in [3.63, 3.8) is 0 Å². The van der Waals surface area contributed by atoms with Gasteiger partial charge < -0.3 is 19.8 Å². The fourth-order valence-electron chi connectivity index (χ4n) is 6.07. The maximum absolute atomic E-state index is 14.0. The lowest BCUT2D eigenvalue weighted by Crippen LogP contribution is -2.53. The van der Waals surface area contributed by atoms with Crippen molar-refractivity contribution >= 4 is 29.5 Å². The number of thioether (sulfide) groups is 1. The van der Waals surface area contributed by atoms with E-state index in [2.05, 4.69) is 38.2 Å². The molecule has 0 radical (unpaired) electrons. The van der Waals surface area contributed by atoms with E-state index in [0.29, 0.717) is 39.1 Å². The number of fused-ring (bicyclic) bond motifs is 2. The molecule has 2 fully saturated rings. The first-order chi connectivity index (χ1) is 16.5. The van der Waals surface area contributed by atoms with Crippen LogP contribution in [0.25, 0.3) is 0 Å². The first-order valence-corrected chi connectivity index (χ1v) is 13.9. The standard InChI is InChI=1S/C26H39N3O4S/c1-3-5-14-28-16-10-12-26-21(20-19(34-26)11-9-15-27(13-4-2)23(20)31)24(32)29(22(26)25(28)33)17-7-6-8-18-30/h9-12,19-22,30H,3-8,13-18H2,1-2H3/t19-,20+,21-,22?,26-/m0/s1. The molecule has 1 N–H and O–H groups in total. The van der Waals surface area contributed by atoms with E-state index in [0.717, 1.165) is 32.1 Å². The summed E-state index contributed by atoms with van der Waals surface area (Å²) < 4.78 is -0.712. The molecule has 0 bridgehead atoms. The Labute approximate surface area is 207 Å². The highest BCUT2D eigenvalue weighted by molar-refractivity contribution is 8.02. The van der Waals surface area contributed by atoms with Crippen LogP contribution in [0.4, 0.5) is 0 Å². The van der Waals surface area contributed by atoms with Crippen LogP contribution < -0.4 is 0 Å². The molecule has 8 heteroatoms. The number of likely N-dealkylation sites (tertiary alicyclic amines) is 1. The molecule has 0 saturated carbocycles. The molecule has 0 aliphatic carbocycles. The van der Waals surface area contributed by atoms with Gasteiger partial charge in [-0.2, -0.15) is 0 Å². The number of unbranched alkanes of at least 4 members (excludes halogenated alkanes) is 3. The lowest BCUT2D eigenvalue weighted by molar-refractivity contribution is -0.144. The van der Waals surface area contributed by atoms with Crippen LogP contribution in [0.15, 0.2) is 24.3 Å². The number of nitrogens with zero attached hydrogens (tertiary/aromatic N) is 3. The molecule has 34 heavy (non-hydrogen) atoms. The number of carbonyl (C=O) groups excluding carboxylic acids is 3. The predicted molar refractivity (Wildman–Crippen MR) is 134 cm³/mol. The SMILES string of the molecule is CCCCN1CC=C[C@]23S[C@H]4C=CCN(CCC)C(=O)[C@H]4[C@H]2C(=O)N(CCCCCO)C3C1=O. The molecule has 1 unspecified atom stereocenters. The van der Waals surface area contributed by atoms with Gasteiger partial charge in [-0.3, -0.25) is 14.4 Å². The van der Waals surface area contributed by atoms with Gasteiger partial charge in [-0.05, 0) is 32.1 Å². The van der Waals surface area contributed by atoms with E-state index < -0.39 is 22.6 Å². The first kappa shape index (κ1) is 25.3. The third kappa shape index (κ3) is 4.32. The van der Waals surface area contributed by atoms with Gasteiger partial charge in [0.25, 0.3) is 0 Å². The second kappa shape index (κ2) is 10.9. The van der Waals surface area contributed by atoms with Crippen LogP contribution in [0.1, 0.15) is 52.4 Å². The smallest absolute Gasteiger partial charge is 0.247 e. The van der Waals surface area contributed by atoms with E-state index in [1.165, 1.54) is 0 Å². The molecule has 0 aromatic carbocycles. The number of aliphatic hydroxyl groups is 1. The Balaban J connectivity index is 1.71. The lowest BCUT2D eigenvalue weighted by Gasteiger charge is -2.35. The monoisotopic (exact) mass is 489 g/mol. The molecule has 3 amide bonds. The van der Waals surface area contributed by atoms with Crippen molar-refractivity contribution in [3.8, 4) is 0 Å². The van der Waals surface area contributed by atoms with E-state index >= 15 is 0 Å². The number of aliphatic hydroxyl groups excluding tert-OH is 1. The minimum absolute atomic E-state index is 0.0160. The van der Waals surface area contributed by atoms with Crippen LogP contribution in [-0.4, -0.2) is 92.9 Å². The Bertz CT molecular complexity index is 846. The summed E-state index contributed by atoms with van der Waals surface area (Å²) in [6.07, 6.45) is 13.4. The van der Waals surface area contributed by atoms with Crippen LogP contribution in [-0.2, 0) is 14.4 Å². The number of hydrogen-bond donors (Lipinski definition) is 1. The summed E-state index contributed by atoms with van der Waals surface area (Å²) in [5, 5.41) is 9.08. The van der Waals surface area contributed by atoms with Crippen molar-refractivity contribution < 1.29 is 19.5 Å². The molecule has 4 rings (SSSR count). The molecule has 5 atom stereocenters. The van der Waals surface area contributed by atoms with Crippen LogP contribution in [0.3, 0.4) is 0 Å². The summed E-state index contributed by atoms with van der Waals surface area (Å²) in [7, 11) is 0. The fraction of sp³-hybridized carbons (Fsp3) is 0.731. The van der Waals surface area contributed by atoms with Crippen molar-refractivity contribution in [2.45, 2.75) is 68.4 Å². The summed E-state index contributed by atoms with van der Waals surface area (Å²) >= 11 is 1.66. The van der Waals surface area contributed by atoms with Gasteiger partial charge in [-0.25, -0.2) is 0 Å².